The maximum Gasteiger partial charge on any atom is 0.233 e. The summed E-state index contributed by atoms with van der Waals surface area (Å²) in [6, 6.07) is 8.61. The second-order valence-electron chi connectivity index (χ2n) is 9.90. The number of nitrogens with one attached hydrogen (secondary N) is 1. The van der Waals surface area contributed by atoms with Crippen LogP contribution in [0.25, 0.3) is 0 Å². The molecule has 2 aliphatic heterocycles. The van der Waals surface area contributed by atoms with Crippen molar-refractivity contribution in [2.45, 2.75) is 64.2 Å². The fourth-order valence-electron chi connectivity index (χ4n) is 5.53. The number of piperidine rings is 1. The van der Waals surface area contributed by atoms with Crippen molar-refractivity contribution in [1.29, 1.82) is 0 Å². The Morgan fingerprint density at radius 1 is 1.03 bits per heavy atom. The fraction of sp³-hybridized carbons (Fsp3) is 0.577. The zero-order chi connectivity index (χ0) is 22.9. The lowest BCUT2D eigenvalue weighted by Crippen LogP contribution is -2.55. The molecular weight excluding hydrogens is 400 g/mol. The van der Waals surface area contributed by atoms with Gasteiger partial charge in [-0.3, -0.25) is 4.79 Å². The van der Waals surface area contributed by atoms with E-state index in [0.717, 1.165) is 55.1 Å². The van der Waals surface area contributed by atoms with Crippen LogP contribution < -0.4 is 5.32 Å². The van der Waals surface area contributed by atoms with Gasteiger partial charge in [-0.1, -0.05) is 36.2 Å². The SMILES string of the molecule is CNc1cc([C@]2(C)CCCN(C(=O)C3(c4cc(C)cc(C)c4)CCOCC3)C2)nc(C)n1. The van der Waals surface area contributed by atoms with Crippen molar-refractivity contribution in [3.05, 3.63) is 52.5 Å². The third-order valence-electron chi connectivity index (χ3n) is 7.23. The van der Waals surface area contributed by atoms with Gasteiger partial charge in [-0.2, -0.15) is 0 Å². The third-order valence-corrected chi connectivity index (χ3v) is 7.23. The highest BCUT2D eigenvalue weighted by molar-refractivity contribution is 5.89. The van der Waals surface area contributed by atoms with Crippen molar-refractivity contribution >= 4 is 11.7 Å². The van der Waals surface area contributed by atoms with E-state index in [9.17, 15) is 4.79 Å². The molecule has 6 nitrogen and oxygen atoms in total. The number of likely N-dealkylation sites (tertiary alicyclic amines) is 1. The molecule has 1 amide bonds. The van der Waals surface area contributed by atoms with Gasteiger partial charge in [0.15, 0.2) is 0 Å². The molecule has 2 saturated heterocycles. The molecular formula is C26H36N4O2. The molecule has 1 aromatic carbocycles. The first-order chi connectivity index (χ1) is 15.3. The number of carbonyl (C=O) groups excluding carboxylic acids is 1. The number of ether oxygens (including phenoxy) is 1. The number of benzene rings is 1. The van der Waals surface area contributed by atoms with Gasteiger partial charge >= 0.3 is 0 Å². The average molecular weight is 437 g/mol. The van der Waals surface area contributed by atoms with Gasteiger partial charge in [0.1, 0.15) is 11.6 Å². The van der Waals surface area contributed by atoms with Gasteiger partial charge in [0.05, 0.1) is 11.1 Å². The monoisotopic (exact) mass is 436 g/mol. The summed E-state index contributed by atoms with van der Waals surface area (Å²) in [4.78, 5) is 25.6. The molecule has 0 spiro atoms. The maximum absolute atomic E-state index is 14.2. The average Bonchev–Trinajstić information content (AvgIpc) is 2.78. The molecule has 0 aliphatic carbocycles. The zero-order valence-corrected chi connectivity index (χ0v) is 20.1. The first-order valence-electron chi connectivity index (χ1n) is 11.8. The van der Waals surface area contributed by atoms with E-state index in [1.54, 1.807) is 0 Å². The van der Waals surface area contributed by atoms with Crippen LogP contribution in [-0.4, -0.2) is 54.1 Å². The van der Waals surface area contributed by atoms with Gasteiger partial charge in [0, 0.05) is 44.8 Å². The molecule has 0 saturated carbocycles. The normalized spacial score (nSPS) is 23.1. The summed E-state index contributed by atoms with van der Waals surface area (Å²) in [5.74, 6) is 1.83. The van der Waals surface area contributed by atoms with Crippen LogP contribution in [0.5, 0.6) is 0 Å². The van der Waals surface area contributed by atoms with E-state index >= 15 is 0 Å². The number of hydrogen-bond donors (Lipinski definition) is 1. The predicted molar refractivity (Wildman–Crippen MR) is 127 cm³/mol. The van der Waals surface area contributed by atoms with Crippen LogP contribution in [0.2, 0.25) is 0 Å². The minimum Gasteiger partial charge on any atom is -0.381 e. The van der Waals surface area contributed by atoms with E-state index in [-0.39, 0.29) is 11.3 Å². The Labute approximate surface area is 191 Å². The third kappa shape index (κ3) is 4.25. The topological polar surface area (TPSA) is 67.4 Å². The van der Waals surface area contributed by atoms with E-state index in [1.807, 2.05) is 20.0 Å². The van der Waals surface area contributed by atoms with Gasteiger partial charge in [0.25, 0.3) is 0 Å². The van der Waals surface area contributed by atoms with Crippen molar-refractivity contribution in [2.24, 2.45) is 0 Å². The van der Waals surface area contributed by atoms with Crippen LogP contribution in [0.3, 0.4) is 0 Å². The second kappa shape index (κ2) is 8.81. The van der Waals surface area contributed by atoms with Crippen molar-refractivity contribution in [3.63, 3.8) is 0 Å². The number of hydrogen-bond acceptors (Lipinski definition) is 5. The van der Waals surface area contributed by atoms with Crippen LogP contribution in [0.15, 0.2) is 24.3 Å². The molecule has 2 aromatic rings. The van der Waals surface area contributed by atoms with E-state index < -0.39 is 5.41 Å². The summed E-state index contributed by atoms with van der Waals surface area (Å²) < 4.78 is 5.70. The minimum absolute atomic E-state index is 0.192. The maximum atomic E-state index is 14.2. The molecule has 0 unspecified atom stereocenters. The van der Waals surface area contributed by atoms with E-state index in [1.165, 1.54) is 11.1 Å². The molecule has 4 rings (SSSR count). The van der Waals surface area contributed by atoms with Gasteiger partial charge in [-0.05, 0) is 52.0 Å². The Bertz CT molecular complexity index is 979. The van der Waals surface area contributed by atoms with Gasteiger partial charge in [0.2, 0.25) is 5.91 Å². The fourth-order valence-corrected chi connectivity index (χ4v) is 5.53. The van der Waals surface area contributed by atoms with Crippen molar-refractivity contribution in [3.8, 4) is 0 Å². The largest absolute Gasteiger partial charge is 0.381 e. The highest BCUT2D eigenvalue weighted by atomic mass is 16.5. The summed E-state index contributed by atoms with van der Waals surface area (Å²) in [7, 11) is 1.88. The first kappa shape index (κ1) is 22.7. The summed E-state index contributed by atoms with van der Waals surface area (Å²) >= 11 is 0. The number of aryl methyl sites for hydroxylation is 3. The number of nitrogens with zero attached hydrogens (tertiary/aromatic N) is 3. The molecule has 2 fully saturated rings. The molecule has 32 heavy (non-hydrogen) atoms. The summed E-state index contributed by atoms with van der Waals surface area (Å²) in [6.45, 7) is 11.1. The van der Waals surface area contributed by atoms with Crippen LogP contribution in [0, 0.1) is 20.8 Å². The lowest BCUT2D eigenvalue weighted by atomic mass is 9.71. The predicted octanol–water partition coefficient (Wildman–Crippen LogP) is 4.07. The number of amides is 1. The molecule has 3 heterocycles. The Hall–Kier alpha value is -2.47. The van der Waals surface area contributed by atoms with Crippen molar-refractivity contribution in [1.82, 2.24) is 14.9 Å². The molecule has 0 radical (unpaired) electrons. The molecule has 2 aliphatic rings. The number of aromatic nitrogens is 2. The lowest BCUT2D eigenvalue weighted by molar-refractivity contribution is -0.143. The van der Waals surface area contributed by atoms with Gasteiger partial charge in [-0.15, -0.1) is 0 Å². The summed E-state index contributed by atoms with van der Waals surface area (Å²) in [6.07, 6.45) is 3.45. The van der Waals surface area contributed by atoms with E-state index in [4.69, 9.17) is 9.72 Å². The van der Waals surface area contributed by atoms with Gasteiger partial charge < -0.3 is 15.0 Å². The highest BCUT2D eigenvalue weighted by Crippen LogP contribution is 2.41. The Kier molecular flexibility index (Phi) is 6.26. The smallest absolute Gasteiger partial charge is 0.233 e. The quantitative estimate of drug-likeness (QED) is 0.783. The highest BCUT2D eigenvalue weighted by Gasteiger charge is 2.47. The lowest BCUT2D eigenvalue weighted by Gasteiger charge is -2.46. The van der Waals surface area contributed by atoms with Crippen LogP contribution in [-0.2, 0) is 20.4 Å². The molecule has 0 bridgehead atoms. The molecule has 6 heteroatoms. The molecule has 1 N–H and O–H groups in total. The van der Waals surface area contributed by atoms with Crippen molar-refractivity contribution < 1.29 is 9.53 Å². The Morgan fingerprint density at radius 3 is 2.38 bits per heavy atom. The van der Waals surface area contributed by atoms with E-state index in [0.29, 0.717) is 19.8 Å². The Balaban J connectivity index is 1.68. The van der Waals surface area contributed by atoms with Crippen LogP contribution in [0.4, 0.5) is 5.82 Å². The number of anilines is 1. The summed E-state index contributed by atoms with van der Waals surface area (Å²) in [5.41, 5.74) is 3.87. The minimum atomic E-state index is -0.509. The van der Waals surface area contributed by atoms with E-state index in [2.05, 4.69) is 54.2 Å². The van der Waals surface area contributed by atoms with Crippen molar-refractivity contribution in [2.75, 3.05) is 38.7 Å². The second-order valence-corrected chi connectivity index (χ2v) is 9.90. The molecule has 1 atom stereocenters. The summed E-state index contributed by atoms with van der Waals surface area (Å²) in [5, 5.41) is 3.14. The van der Waals surface area contributed by atoms with Crippen LogP contribution >= 0.6 is 0 Å². The molecule has 1 aromatic heterocycles. The standard InChI is InChI=1S/C26H36N4O2/c1-18-13-19(2)15-21(14-18)26(8-11-32-12-9-26)24(31)30-10-6-7-25(4,17-30)22-16-23(27-5)29-20(3)28-22/h13-16H,6-12,17H2,1-5H3,(H,27,28,29)/t25-/m1/s1. The van der Waals surface area contributed by atoms with Gasteiger partial charge in [-0.25, -0.2) is 9.97 Å². The Morgan fingerprint density at radius 2 is 1.72 bits per heavy atom. The zero-order valence-electron chi connectivity index (χ0n) is 20.1. The number of carbonyl (C=O) groups is 1. The number of rotatable bonds is 4. The molecule has 172 valence electrons. The first-order valence-corrected chi connectivity index (χ1v) is 11.8. The van der Waals surface area contributed by atoms with Crippen LogP contribution in [0.1, 0.15) is 60.8 Å².